The molecule has 0 unspecified atom stereocenters. The van der Waals surface area contributed by atoms with Crippen molar-refractivity contribution < 1.29 is 21.6 Å². The monoisotopic (exact) mass is 469 g/mol. The largest absolute Gasteiger partial charge is 0.369 e. The van der Waals surface area contributed by atoms with Crippen LogP contribution in [0.15, 0.2) is 29.2 Å². The molecule has 2 aliphatic rings. The SMILES string of the molecule is CN1CCN(c2nc3c(c(NCCS(=O)(=O)c4ccc(F)cc4)n2)CC(F)(F)CC3)CC1. The summed E-state index contributed by atoms with van der Waals surface area (Å²) in [6.07, 6.45) is -0.593. The normalized spacial score (nSPS) is 18.9. The van der Waals surface area contributed by atoms with Gasteiger partial charge in [0.1, 0.15) is 11.6 Å². The van der Waals surface area contributed by atoms with Crippen molar-refractivity contribution in [3.63, 3.8) is 0 Å². The van der Waals surface area contributed by atoms with Gasteiger partial charge in [0.05, 0.1) is 16.3 Å². The van der Waals surface area contributed by atoms with Crippen molar-refractivity contribution in [2.75, 3.05) is 55.7 Å². The van der Waals surface area contributed by atoms with Gasteiger partial charge in [-0.15, -0.1) is 0 Å². The van der Waals surface area contributed by atoms with E-state index in [1.54, 1.807) is 0 Å². The zero-order valence-corrected chi connectivity index (χ0v) is 18.6. The molecule has 0 bridgehead atoms. The number of benzene rings is 1. The third kappa shape index (κ3) is 5.15. The summed E-state index contributed by atoms with van der Waals surface area (Å²) in [5, 5.41) is 2.96. The highest BCUT2D eigenvalue weighted by Gasteiger charge is 2.37. The number of halogens is 3. The van der Waals surface area contributed by atoms with Gasteiger partial charge in [0.25, 0.3) is 5.92 Å². The molecule has 32 heavy (non-hydrogen) atoms. The Kier molecular flexibility index (Phi) is 6.30. The number of nitrogens with one attached hydrogen (secondary N) is 1. The van der Waals surface area contributed by atoms with Crippen molar-refractivity contribution in [3.05, 3.63) is 41.3 Å². The van der Waals surface area contributed by atoms with Crippen LogP contribution in [0.5, 0.6) is 0 Å². The molecule has 4 rings (SSSR count). The zero-order valence-electron chi connectivity index (χ0n) is 17.8. The highest BCUT2D eigenvalue weighted by molar-refractivity contribution is 7.91. The molecule has 174 valence electrons. The van der Waals surface area contributed by atoms with E-state index in [-0.39, 0.29) is 35.9 Å². The van der Waals surface area contributed by atoms with Crippen LogP contribution >= 0.6 is 0 Å². The van der Waals surface area contributed by atoms with Crippen molar-refractivity contribution in [2.45, 2.75) is 30.1 Å². The lowest BCUT2D eigenvalue weighted by molar-refractivity contribution is -0.0127. The topological polar surface area (TPSA) is 78.4 Å². The van der Waals surface area contributed by atoms with Gasteiger partial charge in [0.15, 0.2) is 9.84 Å². The number of anilines is 2. The van der Waals surface area contributed by atoms with Crippen molar-refractivity contribution in [3.8, 4) is 0 Å². The third-order valence-corrected chi connectivity index (χ3v) is 7.60. The Morgan fingerprint density at radius 1 is 1.09 bits per heavy atom. The maximum atomic E-state index is 14.1. The second kappa shape index (κ2) is 8.86. The molecule has 1 fully saturated rings. The van der Waals surface area contributed by atoms with E-state index in [2.05, 4.69) is 20.2 Å². The highest BCUT2D eigenvalue weighted by Crippen LogP contribution is 2.36. The first-order chi connectivity index (χ1) is 15.1. The summed E-state index contributed by atoms with van der Waals surface area (Å²) >= 11 is 0. The molecule has 11 heteroatoms. The number of aryl methyl sites for hydroxylation is 1. The second-order valence-electron chi connectivity index (χ2n) is 8.32. The Morgan fingerprint density at radius 2 is 1.78 bits per heavy atom. The summed E-state index contributed by atoms with van der Waals surface area (Å²) in [5.74, 6) is -2.91. The van der Waals surface area contributed by atoms with Gasteiger partial charge in [0, 0.05) is 51.1 Å². The number of piperazine rings is 1. The lowest BCUT2D eigenvalue weighted by Crippen LogP contribution is -2.45. The molecule has 0 spiro atoms. The predicted octanol–water partition coefficient (Wildman–Crippen LogP) is 2.38. The summed E-state index contributed by atoms with van der Waals surface area (Å²) < 4.78 is 66.4. The summed E-state index contributed by atoms with van der Waals surface area (Å²) in [6, 6.07) is 4.60. The molecule has 0 amide bonds. The zero-order chi connectivity index (χ0) is 22.9. The van der Waals surface area contributed by atoms with Gasteiger partial charge in [-0.25, -0.2) is 26.6 Å². The van der Waals surface area contributed by atoms with Crippen molar-refractivity contribution in [1.29, 1.82) is 0 Å². The van der Waals surface area contributed by atoms with Crippen LogP contribution < -0.4 is 10.2 Å². The minimum atomic E-state index is -3.66. The number of aromatic nitrogens is 2. The van der Waals surface area contributed by atoms with E-state index in [1.807, 2.05) is 11.9 Å². The summed E-state index contributed by atoms with van der Waals surface area (Å²) in [4.78, 5) is 13.3. The number of likely N-dealkylation sites (N-methyl/N-ethyl adjacent to an activating group) is 1. The van der Waals surface area contributed by atoms with E-state index >= 15 is 0 Å². The Balaban J connectivity index is 1.54. The molecule has 1 aromatic carbocycles. The van der Waals surface area contributed by atoms with Gasteiger partial charge in [-0.05, 0) is 37.7 Å². The fourth-order valence-electron chi connectivity index (χ4n) is 3.92. The summed E-state index contributed by atoms with van der Waals surface area (Å²) in [6.45, 7) is 3.12. The predicted molar refractivity (Wildman–Crippen MR) is 116 cm³/mol. The number of nitrogens with zero attached hydrogens (tertiary/aromatic N) is 4. The fraction of sp³-hybridized carbons (Fsp3) is 0.524. The summed E-state index contributed by atoms with van der Waals surface area (Å²) in [5.41, 5.74) is 0.932. The number of rotatable bonds is 6. The highest BCUT2D eigenvalue weighted by atomic mass is 32.2. The fourth-order valence-corrected chi connectivity index (χ4v) is 5.07. The minimum absolute atomic E-state index is 0.00933. The van der Waals surface area contributed by atoms with Crippen molar-refractivity contribution in [2.24, 2.45) is 0 Å². The molecular formula is C21H26F3N5O2S. The van der Waals surface area contributed by atoms with Gasteiger partial charge in [-0.3, -0.25) is 0 Å². The van der Waals surface area contributed by atoms with E-state index in [0.717, 1.165) is 38.3 Å². The molecule has 0 atom stereocenters. The first kappa shape index (κ1) is 22.8. The molecule has 1 aliphatic heterocycles. The Morgan fingerprint density at radius 3 is 2.47 bits per heavy atom. The van der Waals surface area contributed by atoms with Gasteiger partial charge >= 0.3 is 0 Å². The smallest absolute Gasteiger partial charge is 0.252 e. The number of hydrogen-bond acceptors (Lipinski definition) is 7. The van der Waals surface area contributed by atoms with E-state index in [4.69, 9.17) is 0 Å². The van der Waals surface area contributed by atoms with Crippen molar-refractivity contribution >= 4 is 21.6 Å². The molecule has 1 saturated heterocycles. The average molecular weight is 470 g/mol. The van der Waals surface area contributed by atoms with Crippen LogP contribution in [-0.2, 0) is 22.7 Å². The maximum absolute atomic E-state index is 14.1. The molecule has 0 saturated carbocycles. The lowest BCUT2D eigenvalue weighted by atomic mass is 9.93. The van der Waals surface area contributed by atoms with Crippen LogP contribution in [-0.4, -0.2) is 74.7 Å². The first-order valence-electron chi connectivity index (χ1n) is 10.6. The number of sulfone groups is 1. The quantitative estimate of drug-likeness (QED) is 0.651. The van der Waals surface area contributed by atoms with Crippen LogP contribution in [0.4, 0.5) is 24.9 Å². The van der Waals surface area contributed by atoms with Gasteiger partial charge < -0.3 is 15.1 Å². The van der Waals surface area contributed by atoms with E-state index in [1.165, 1.54) is 12.1 Å². The number of fused-ring (bicyclic) bond motifs is 1. The molecule has 2 aromatic rings. The van der Waals surface area contributed by atoms with Crippen LogP contribution in [0.3, 0.4) is 0 Å². The standard InChI is InChI=1S/C21H26F3N5O2S/c1-28-9-11-29(12-10-28)20-26-18-6-7-21(23,24)14-17(18)19(27-20)25-8-13-32(30,31)16-4-2-15(22)3-5-16/h2-5H,6-14H2,1H3,(H,25,26,27). The van der Waals surface area contributed by atoms with Gasteiger partial charge in [0.2, 0.25) is 5.95 Å². The van der Waals surface area contributed by atoms with E-state index in [9.17, 15) is 21.6 Å². The average Bonchev–Trinajstić information content (AvgIpc) is 2.74. The number of hydrogen-bond donors (Lipinski definition) is 1. The molecule has 0 radical (unpaired) electrons. The Labute approximate surface area is 185 Å². The molecule has 1 aliphatic carbocycles. The van der Waals surface area contributed by atoms with Gasteiger partial charge in [-0.1, -0.05) is 0 Å². The Hall–Kier alpha value is -2.40. The van der Waals surface area contributed by atoms with Crippen LogP contribution in [0.2, 0.25) is 0 Å². The molecular weight excluding hydrogens is 443 g/mol. The second-order valence-corrected chi connectivity index (χ2v) is 10.4. The van der Waals surface area contributed by atoms with Gasteiger partial charge in [-0.2, -0.15) is 4.98 Å². The number of alkyl halides is 2. The maximum Gasteiger partial charge on any atom is 0.252 e. The first-order valence-corrected chi connectivity index (χ1v) is 12.2. The van der Waals surface area contributed by atoms with Crippen molar-refractivity contribution in [1.82, 2.24) is 14.9 Å². The Bertz CT molecular complexity index is 1070. The molecule has 2 heterocycles. The van der Waals surface area contributed by atoms with E-state index in [0.29, 0.717) is 17.2 Å². The van der Waals surface area contributed by atoms with E-state index < -0.39 is 28.0 Å². The molecule has 1 N–H and O–H groups in total. The van der Waals surface area contributed by atoms with Crippen LogP contribution in [0, 0.1) is 5.82 Å². The molecule has 1 aromatic heterocycles. The minimum Gasteiger partial charge on any atom is -0.369 e. The van der Waals surface area contributed by atoms with Crippen LogP contribution in [0.25, 0.3) is 0 Å². The third-order valence-electron chi connectivity index (χ3n) is 5.87. The molecule has 7 nitrogen and oxygen atoms in total. The lowest BCUT2D eigenvalue weighted by Gasteiger charge is -2.34. The summed E-state index contributed by atoms with van der Waals surface area (Å²) in [7, 11) is -1.64. The van der Waals surface area contributed by atoms with Crippen LogP contribution in [0.1, 0.15) is 17.7 Å².